The molecule has 1 N–H and O–H groups in total. The molecule has 4 aromatic rings. The minimum absolute atomic E-state index is 0.174. The number of phenols is 1. The summed E-state index contributed by atoms with van der Waals surface area (Å²) in [6, 6.07) is 20.1. The van der Waals surface area contributed by atoms with Gasteiger partial charge in [-0.15, -0.1) is 11.3 Å². The van der Waals surface area contributed by atoms with Gasteiger partial charge in [0, 0.05) is 30.8 Å². The Hall–Kier alpha value is -3.09. The van der Waals surface area contributed by atoms with Gasteiger partial charge >= 0.3 is 0 Å². The van der Waals surface area contributed by atoms with E-state index in [0.717, 1.165) is 45.2 Å². The Morgan fingerprint density at radius 3 is 2.77 bits per heavy atom. The highest BCUT2D eigenvalue weighted by atomic mass is 32.1. The number of thiazole rings is 1. The van der Waals surface area contributed by atoms with Gasteiger partial charge in [-0.3, -0.25) is 4.90 Å². The molecular formula is C24H22N2O3S. The van der Waals surface area contributed by atoms with Crippen LogP contribution in [0.15, 0.2) is 60.7 Å². The number of fused-ring (bicyclic) bond motifs is 2. The van der Waals surface area contributed by atoms with Crippen LogP contribution in [-0.2, 0) is 13.1 Å². The Bertz CT molecular complexity index is 1150. The van der Waals surface area contributed by atoms with Crippen LogP contribution in [-0.4, -0.2) is 35.3 Å². The number of nitrogens with zero attached hydrogens (tertiary/aromatic N) is 2. The van der Waals surface area contributed by atoms with Crippen molar-refractivity contribution in [3.8, 4) is 27.8 Å². The molecule has 0 amide bonds. The van der Waals surface area contributed by atoms with Gasteiger partial charge in [0.15, 0.2) is 11.5 Å². The van der Waals surface area contributed by atoms with Gasteiger partial charge in [-0.1, -0.05) is 24.3 Å². The maximum atomic E-state index is 10.7. The van der Waals surface area contributed by atoms with Crippen LogP contribution < -0.4 is 9.47 Å². The molecule has 0 bridgehead atoms. The zero-order valence-corrected chi connectivity index (χ0v) is 17.5. The smallest absolute Gasteiger partial charge is 0.165 e. The van der Waals surface area contributed by atoms with Crippen LogP contribution in [0, 0.1) is 0 Å². The predicted octanol–water partition coefficient (Wildman–Crippen LogP) is 5.07. The molecule has 1 aliphatic rings. The first-order valence-electron chi connectivity index (χ1n) is 9.89. The van der Waals surface area contributed by atoms with Crippen molar-refractivity contribution in [3.63, 3.8) is 0 Å². The van der Waals surface area contributed by atoms with Gasteiger partial charge in [-0.05, 0) is 42.0 Å². The molecule has 0 saturated carbocycles. The lowest BCUT2D eigenvalue weighted by atomic mass is 10.1. The van der Waals surface area contributed by atoms with Crippen LogP contribution in [0.3, 0.4) is 0 Å². The highest BCUT2D eigenvalue weighted by Gasteiger charge is 2.21. The fourth-order valence-corrected chi connectivity index (χ4v) is 4.75. The molecule has 3 aromatic carbocycles. The summed E-state index contributed by atoms with van der Waals surface area (Å²) in [5.41, 5.74) is 4.09. The summed E-state index contributed by atoms with van der Waals surface area (Å²) in [5, 5.41) is 11.6. The highest BCUT2D eigenvalue weighted by Crippen LogP contribution is 2.39. The van der Waals surface area contributed by atoms with E-state index >= 15 is 0 Å². The summed E-state index contributed by atoms with van der Waals surface area (Å²) in [7, 11) is 1.67. The molecule has 5 nitrogen and oxygen atoms in total. The van der Waals surface area contributed by atoms with Crippen LogP contribution in [0.25, 0.3) is 20.8 Å². The van der Waals surface area contributed by atoms with Crippen molar-refractivity contribution in [2.75, 3.05) is 20.3 Å². The zero-order valence-electron chi connectivity index (χ0n) is 16.7. The maximum absolute atomic E-state index is 10.7. The minimum atomic E-state index is 0.174. The fraction of sp³-hybridized carbons (Fsp3) is 0.208. The quantitative estimate of drug-likeness (QED) is 0.501. The van der Waals surface area contributed by atoms with Crippen molar-refractivity contribution in [1.29, 1.82) is 0 Å². The average Bonchev–Trinajstić information content (AvgIpc) is 3.09. The summed E-state index contributed by atoms with van der Waals surface area (Å²) in [4.78, 5) is 7.07. The van der Waals surface area contributed by atoms with Gasteiger partial charge < -0.3 is 14.6 Å². The predicted molar refractivity (Wildman–Crippen MR) is 119 cm³/mol. The number of rotatable bonds is 4. The molecule has 30 heavy (non-hydrogen) atoms. The third-order valence-electron chi connectivity index (χ3n) is 5.30. The van der Waals surface area contributed by atoms with Gasteiger partial charge in [0.1, 0.15) is 17.4 Å². The first-order valence-corrected chi connectivity index (χ1v) is 10.7. The monoisotopic (exact) mass is 418 g/mol. The molecule has 2 heterocycles. The molecular weight excluding hydrogens is 396 g/mol. The van der Waals surface area contributed by atoms with Crippen molar-refractivity contribution in [3.05, 3.63) is 71.8 Å². The molecule has 0 radical (unpaired) electrons. The number of hydrogen-bond donors (Lipinski definition) is 1. The van der Waals surface area contributed by atoms with E-state index in [0.29, 0.717) is 18.9 Å². The Morgan fingerprint density at radius 1 is 1.13 bits per heavy atom. The molecule has 1 aromatic heterocycles. The van der Waals surface area contributed by atoms with Crippen LogP contribution in [0.5, 0.6) is 17.2 Å². The summed E-state index contributed by atoms with van der Waals surface area (Å²) in [6.07, 6.45) is 0. The van der Waals surface area contributed by atoms with Gasteiger partial charge in [-0.2, -0.15) is 0 Å². The van der Waals surface area contributed by atoms with Crippen LogP contribution >= 0.6 is 11.3 Å². The van der Waals surface area contributed by atoms with Crippen molar-refractivity contribution in [1.82, 2.24) is 9.88 Å². The Morgan fingerprint density at radius 2 is 1.97 bits per heavy atom. The molecule has 6 heteroatoms. The molecule has 0 unspecified atom stereocenters. The van der Waals surface area contributed by atoms with Gasteiger partial charge in [0.25, 0.3) is 0 Å². The Balaban J connectivity index is 1.44. The normalized spacial score (nSPS) is 14.2. The number of ether oxygens (including phenoxy) is 2. The SMILES string of the molecule is COc1ccc(CN2CCOc3c(O)cc(-c4nc5ccccc5s4)cc3C2)cc1. The number of benzene rings is 3. The van der Waals surface area contributed by atoms with Crippen molar-refractivity contribution >= 4 is 21.6 Å². The van der Waals surface area contributed by atoms with Crippen molar-refractivity contribution < 1.29 is 14.6 Å². The van der Waals surface area contributed by atoms with E-state index in [4.69, 9.17) is 14.5 Å². The van der Waals surface area contributed by atoms with Gasteiger partial charge in [0.05, 0.1) is 17.3 Å². The molecule has 152 valence electrons. The number of aromatic nitrogens is 1. The standard InChI is InChI=1S/C24H22N2O3S/c1-28-19-8-6-16(7-9-19)14-26-10-11-29-23-18(15-26)12-17(13-21(23)27)24-25-20-4-2-3-5-22(20)30-24/h2-9,12-13,27H,10-11,14-15H2,1H3. The molecule has 0 saturated heterocycles. The first kappa shape index (κ1) is 18.9. The van der Waals surface area contributed by atoms with Crippen LogP contribution in [0.2, 0.25) is 0 Å². The van der Waals surface area contributed by atoms with Gasteiger partial charge in [0.2, 0.25) is 0 Å². The van der Waals surface area contributed by atoms with E-state index in [1.807, 2.05) is 30.3 Å². The third kappa shape index (κ3) is 3.72. The maximum Gasteiger partial charge on any atom is 0.165 e. The highest BCUT2D eigenvalue weighted by molar-refractivity contribution is 7.21. The second kappa shape index (κ2) is 7.97. The van der Waals surface area contributed by atoms with E-state index in [1.165, 1.54) is 5.56 Å². The zero-order chi connectivity index (χ0) is 20.5. The minimum Gasteiger partial charge on any atom is -0.504 e. The molecule has 0 fully saturated rings. The van der Waals surface area contributed by atoms with Crippen LogP contribution in [0.1, 0.15) is 11.1 Å². The fourth-order valence-electron chi connectivity index (χ4n) is 3.80. The molecule has 0 spiro atoms. The number of methoxy groups -OCH3 is 1. The third-order valence-corrected chi connectivity index (χ3v) is 6.39. The van der Waals surface area contributed by atoms with Crippen molar-refractivity contribution in [2.45, 2.75) is 13.1 Å². The van der Waals surface area contributed by atoms with E-state index in [9.17, 15) is 5.11 Å². The van der Waals surface area contributed by atoms with Gasteiger partial charge in [-0.25, -0.2) is 4.98 Å². The molecule has 5 rings (SSSR count). The number of aromatic hydroxyl groups is 1. The molecule has 0 atom stereocenters. The van der Waals surface area contributed by atoms with E-state index < -0.39 is 0 Å². The summed E-state index contributed by atoms with van der Waals surface area (Å²) < 4.78 is 12.3. The summed E-state index contributed by atoms with van der Waals surface area (Å²) >= 11 is 1.63. The second-order valence-corrected chi connectivity index (χ2v) is 8.41. The summed E-state index contributed by atoms with van der Waals surface area (Å²) in [6.45, 7) is 2.83. The largest absolute Gasteiger partial charge is 0.504 e. The first-order chi connectivity index (χ1) is 14.7. The van der Waals surface area contributed by atoms with Crippen LogP contribution in [0.4, 0.5) is 0 Å². The Labute approximate surface area is 179 Å². The lowest BCUT2D eigenvalue weighted by Gasteiger charge is -2.19. The number of hydrogen-bond acceptors (Lipinski definition) is 6. The number of phenolic OH excluding ortho intramolecular Hbond substituents is 1. The lowest BCUT2D eigenvalue weighted by Crippen LogP contribution is -2.25. The van der Waals surface area contributed by atoms with E-state index in [2.05, 4.69) is 29.2 Å². The van der Waals surface area contributed by atoms with E-state index in [-0.39, 0.29) is 5.75 Å². The summed E-state index contributed by atoms with van der Waals surface area (Å²) in [5.74, 6) is 1.61. The van der Waals surface area contributed by atoms with E-state index in [1.54, 1.807) is 24.5 Å². The lowest BCUT2D eigenvalue weighted by molar-refractivity contribution is 0.217. The van der Waals surface area contributed by atoms with Crippen molar-refractivity contribution in [2.24, 2.45) is 0 Å². The molecule has 0 aliphatic carbocycles. The Kier molecular flexibility index (Phi) is 5.02. The average molecular weight is 419 g/mol. The number of para-hydroxylation sites is 1. The topological polar surface area (TPSA) is 54.8 Å². The second-order valence-electron chi connectivity index (χ2n) is 7.38. The molecule has 1 aliphatic heterocycles.